The lowest BCUT2D eigenvalue weighted by molar-refractivity contribution is 0.0322. The van der Waals surface area contributed by atoms with Crippen molar-refractivity contribution in [1.82, 2.24) is 9.88 Å². The lowest BCUT2D eigenvalue weighted by Crippen LogP contribution is -2.38. The van der Waals surface area contributed by atoms with E-state index in [1.807, 2.05) is 24.3 Å². The average molecular weight is 485 g/mol. The number of morpholine rings is 1. The molecule has 2 fully saturated rings. The van der Waals surface area contributed by atoms with E-state index in [1.165, 1.54) is 6.07 Å². The molecule has 0 bridgehead atoms. The molecule has 0 atom stereocenters. The van der Waals surface area contributed by atoms with Gasteiger partial charge in [0.15, 0.2) is 5.78 Å². The van der Waals surface area contributed by atoms with Crippen molar-refractivity contribution in [2.75, 3.05) is 44.8 Å². The van der Waals surface area contributed by atoms with Gasteiger partial charge in [0.1, 0.15) is 24.0 Å². The summed E-state index contributed by atoms with van der Waals surface area (Å²) in [5.74, 6) is 1.12. The van der Waals surface area contributed by atoms with Crippen LogP contribution in [-0.4, -0.2) is 61.2 Å². The zero-order chi connectivity index (χ0) is 24.5. The predicted octanol–water partition coefficient (Wildman–Crippen LogP) is 4.55. The van der Waals surface area contributed by atoms with Crippen molar-refractivity contribution in [3.63, 3.8) is 0 Å². The number of hydrogen-bond donors (Lipinski definition) is 2. The van der Waals surface area contributed by atoms with Gasteiger partial charge in [-0.1, -0.05) is 12.5 Å². The molecule has 190 valence electrons. The number of ether oxygens (including phenoxy) is 2. The minimum Gasteiger partial charge on any atom is -0.492 e. The Hall–Kier alpha value is -2.55. The molecule has 1 saturated heterocycles. The highest BCUT2D eigenvalue weighted by molar-refractivity contribution is 6.00. The van der Waals surface area contributed by atoms with Gasteiger partial charge in [-0.2, -0.15) is 0 Å². The molecule has 1 aliphatic heterocycles. The number of aromatic nitrogens is 1. The van der Waals surface area contributed by atoms with Crippen LogP contribution >= 0.6 is 0 Å². The molecule has 2 aliphatic rings. The highest BCUT2D eigenvalue weighted by Gasteiger charge is 2.20. The van der Waals surface area contributed by atoms with Crippen LogP contribution in [0, 0.1) is 11.7 Å². The van der Waals surface area contributed by atoms with Gasteiger partial charge >= 0.3 is 0 Å². The van der Waals surface area contributed by atoms with E-state index in [-0.39, 0.29) is 11.3 Å². The average Bonchev–Trinajstić information content (AvgIpc) is 2.87. The van der Waals surface area contributed by atoms with Gasteiger partial charge in [0.25, 0.3) is 0 Å². The standard InChI is InChI=1S/C27H37FN4O3/c28-21-17-25(26(33)6-1-3-20-7-9-22(29)10-8-20)27(30-19-21)31-23-4-2-5-24(18-23)35-16-13-32-11-14-34-15-12-32/h2,4-5,17-20,22H,1,3,6-16,29H2,(H,30,31). The second-order valence-corrected chi connectivity index (χ2v) is 9.60. The summed E-state index contributed by atoms with van der Waals surface area (Å²) in [4.78, 5) is 19.4. The fourth-order valence-corrected chi connectivity index (χ4v) is 4.83. The third-order valence-electron chi connectivity index (χ3n) is 6.94. The second-order valence-electron chi connectivity index (χ2n) is 9.60. The SMILES string of the molecule is NC1CCC(CCCC(=O)c2cc(F)cnc2Nc2cccc(OCCN3CCOCC3)c2)CC1. The quantitative estimate of drug-likeness (QED) is 0.453. The van der Waals surface area contributed by atoms with Crippen LogP contribution in [0.5, 0.6) is 5.75 Å². The largest absolute Gasteiger partial charge is 0.492 e. The van der Waals surface area contributed by atoms with Crippen molar-refractivity contribution in [3.05, 3.63) is 47.9 Å². The summed E-state index contributed by atoms with van der Waals surface area (Å²) in [7, 11) is 0. The second kappa shape index (κ2) is 13.0. The summed E-state index contributed by atoms with van der Waals surface area (Å²) in [6.45, 7) is 4.79. The van der Waals surface area contributed by atoms with Gasteiger partial charge < -0.3 is 20.5 Å². The van der Waals surface area contributed by atoms with Crippen LogP contribution in [0.1, 0.15) is 55.3 Å². The summed E-state index contributed by atoms with van der Waals surface area (Å²) in [6.07, 6.45) is 7.71. The monoisotopic (exact) mass is 484 g/mol. The van der Waals surface area contributed by atoms with E-state index in [9.17, 15) is 9.18 Å². The maximum Gasteiger partial charge on any atom is 0.166 e. The van der Waals surface area contributed by atoms with E-state index in [0.29, 0.717) is 30.8 Å². The summed E-state index contributed by atoms with van der Waals surface area (Å²) >= 11 is 0. The number of anilines is 2. The fourth-order valence-electron chi connectivity index (χ4n) is 4.83. The number of benzene rings is 1. The molecule has 1 aliphatic carbocycles. The molecule has 2 aromatic rings. The smallest absolute Gasteiger partial charge is 0.166 e. The van der Waals surface area contributed by atoms with E-state index in [1.54, 1.807) is 0 Å². The van der Waals surface area contributed by atoms with Crippen molar-refractivity contribution in [2.45, 2.75) is 51.0 Å². The maximum atomic E-state index is 14.0. The highest BCUT2D eigenvalue weighted by atomic mass is 19.1. The van der Waals surface area contributed by atoms with Crippen molar-refractivity contribution in [3.8, 4) is 5.75 Å². The number of nitrogens with two attached hydrogens (primary N) is 1. The number of carbonyl (C=O) groups is 1. The van der Waals surface area contributed by atoms with Gasteiger partial charge in [-0.05, 0) is 56.2 Å². The third-order valence-corrected chi connectivity index (χ3v) is 6.94. The number of rotatable bonds is 11. The predicted molar refractivity (Wildman–Crippen MR) is 135 cm³/mol. The number of Topliss-reactive ketones (excluding diaryl/α,β-unsaturated/α-hetero) is 1. The zero-order valence-electron chi connectivity index (χ0n) is 20.4. The third kappa shape index (κ3) is 7.98. The molecule has 3 N–H and O–H groups in total. The molecule has 0 radical (unpaired) electrons. The van der Waals surface area contributed by atoms with E-state index in [4.69, 9.17) is 15.2 Å². The van der Waals surface area contributed by atoms with Gasteiger partial charge in [-0.3, -0.25) is 9.69 Å². The first-order valence-corrected chi connectivity index (χ1v) is 12.8. The molecule has 4 rings (SSSR count). The van der Waals surface area contributed by atoms with E-state index in [0.717, 1.165) is 89.0 Å². The lowest BCUT2D eigenvalue weighted by Gasteiger charge is -2.26. The molecule has 1 saturated carbocycles. The maximum absolute atomic E-state index is 14.0. The number of carbonyl (C=O) groups excluding carboxylic acids is 1. The number of ketones is 1. The number of hydrogen-bond acceptors (Lipinski definition) is 7. The van der Waals surface area contributed by atoms with Crippen LogP contribution < -0.4 is 15.8 Å². The molecular weight excluding hydrogens is 447 g/mol. The molecule has 2 heterocycles. The van der Waals surface area contributed by atoms with Crippen LogP contribution in [0.3, 0.4) is 0 Å². The van der Waals surface area contributed by atoms with E-state index < -0.39 is 5.82 Å². The Labute approximate surface area is 207 Å². The first-order chi connectivity index (χ1) is 17.1. The molecule has 0 spiro atoms. The topological polar surface area (TPSA) is 89.7 Å². The summed E-state index contributed by atoms with van der Waals surface area (Å²) < 4.78 is 25.3. The molecule has 1 aromatic heterocycles. The summed E-state index contributed by atoms with van der Waals surface area (Å²) in [6, 6.07) is 9.13. The normalized spacial score (nSPS) is 21.0. The first-order valence-electron chi connectivity index (χ1n) is 12.8. The molecular formula is C27H37FN4O3. The van der Waals surface area contributed by atoms with Gasteiger partial charge in [0.05, 0.1) is 25.0 Å². The Bertz CT molecular complexity index is 959. The van der Waals surface area contributed by atoms with Crippen molar-refractivity contribution >= 4 is 17.3 Å². The Morgan fingerprint density at radius 3 is 2.80 bits per heavy atom. The Morgan fingerprint density at radius 1 is 1.20 bits per heavy atom. The van der Waals surface area contributed by atoms with E-state index in [2.05, 4.69) is 15.2 Å². The number of pyridine rings is 1. The van der Waals surface area contributed by atoms with Crippen LogP contribution in [0.15, 0.2) is 36.5 Å². The summed E-state index contributed by atoms with van der Waals surface area (Å²) in [5, 5.41) is 3.19. The summed E-state index contributed by atoms with van der Waals surface area (Å²) in [5.41, 5.74) is 7.01. The van der Waals surface area contributed by atoms with Gasteiger partial charge in [0, 0.05) is 43.9 Å². The van der Waals surface area contributed by atoms with Gasteiger partial charge in [-0.15, -0.1) is 0 Å². The molecule has 1 aromatic carbocycles. The van der Waals surface area contributed by atoms with E-state index >= 15 is 0 Å². The number of halogens is 1. The van der Waals surface area contributed by atoms with Crippen molar-refractivity contribution in [2.24, 2.45) is 11.7 Å². The van der Waals surface area contributed by atoms with Crippen LogP contribution in [-0.2, 0) is 4.74 Å². The van der Waals surface area contributed by atoms with Gasteiger partial charge in [-0.25, -0.2) is 9.37 Å². The van der Waals surface area contributed by atoms with Gasteiger partial charge in [0.2, 0.25) is 0 Å². The molecule has 0 amide bonds. The molecule has 35 heavy (non-hydrogen) atoms. The minimum atomic E-state index is -0.514. The van der Waals surface area contributed by atoms with Crippen molar-refractivity contribution in [1.29, 1.82) is 0 Å². The molecule has 8 heteroatoms. The Balaban J connectivity index is 1.31. The first kappa shape index (κ1) is 25.5. The highest BCUT2D eigenvalue weighted by Crippen LogP contribution is 2.29. The lowest BCUT2D eigenvalue weighted by atomic mass is 9.83. The van der Waals surface area contributed by atoms with Crippen molar-refractivity contribution < 1.29 is 18.7 Å². The number of nitrogens with one attached hydrogen (secondary N) is 1. The van der Waals surface area contributed by atoms with Crippen LogP contribution in [0.2, 0.25) is 0 Å². The van der Waals surface area contributed by atoms with Crippen LogP contribution in [0.25, 0.3) is 0 Å². The Kier molecular flexibility index (Phi) is 9.45. The minimum absolute atomic E-state index is 0.0927. The van der Waals surface area contributed by atoms with Crippen LogP contribution in [0.4, 0.5) is 15.9 Å². The molecule has 0 unspecified atom stereocenters. The Morgan fingerprint density at radius 2 is 2.00 bits per heavy atom. The number of nitrogens with zero attached hydrogens (tertiary/aromatic N) is 2. The molecule has 7 nitrogen and oxygen atoms in total. The fraction of sp³-hybridized carbons (Fsp3) is 0.556. The zero-order valence-corrected chi connectivity index (χ0v) is 20.4.